The Morgan fingerprint density at radius 2 is 1.30 bits per heavy atom. The minimum Gasteiger partial charge on any atom is -0.379 e. The van der Waals surface area contributed by atoms with Crippen molar-refractivity contribution in [2.75, 3.05) is 4.90 Å². The van der Waals surface area contributed by atoms with Gasteiger partial charge in [0.15, 0.2) is 0 Å². The van der Waals surface area contributed by atoms with Gasteiger partial charge in [0.05, 0.1) is 27.6 Å². The van der Waals surface area contributed by atoms with Crippen LogP contribution in [0.4, 0.5) is 5.69 Å². The average Bonchev–Trinajstić information content (AvgIpc) is 3.01. The average molecular weight is 436 g/mol. The smallest absolute Gasteiger partial charge is 0.241 e. The van der Waals surface area contributed by atoms with E-state index in [0.717, 1.165) is 16.0 Å². The van der Waals surface area contributed by atoms with Crippen LogP contribution in [0.3, 0.4) is 0 Å². The number of aliphatic hydroxyl groups is 1. The van der Waals surface area contributed by atoms with Crippen molar-refractivity contribution in [1.29, 1.82) is 0 Å². The molecule has 1 N–H and O–H groups in total. The zero-order valence-corrected chi connectivity index (χ0v) is 17.1. The van der Waals surface area contributed by atoms with Crippen molar-refractivity contribution >= 4 is 40.7 Å². The van der Waals surface area contributed by atoms with Crippen molar-refractivity contribution in [3.05, 3.63) is 99.0 Å². The van der Waals surface area contributed by atoms with E-state index in [1.165, 1.54) is 0 Å². The summed E-state index contributed by atoms with van der Waals surface area (Å²) in [6.07, 6.45) is 0. The van der Waals surface area contributed by atoms with E-state index in [-0.39, 0.29) is 27.6 Å². The van der Waals surface area contributed by atoms with Crippen LogP contribution in [0.25, 0.3) is 0 Å². The van der Waals surface area contributed by atoms with Crippen molar-refractivity contribution in [2.24, 2.45) is 11.8 Å². The maximum Gasteiger partial charge on any atom is 0.241 e. The largest absolute Gasteiger partial charge is 0.379 e. The van der Waals surface area contributed by atoms with E-state index < -0.39 is 23.3 Å². The molecule has 2 unspecified atom stereocenters. The molecule has 4 aliphatic rings. The Hall–Kier alpha value is -2.66. The van der Waals surface area contributed by atoms with E-state index in [1.54, 1.807) is 18.2 Å². The molecule has 0 saturated carbocycles. The SMILES string of the molecule is O=C1C2C3c4ccccc4C(O)(c4ccccc43)C2C(=O)N1c1c(Cl)cccc1Cl. The van der Waals surface area contributed by atoms with Gasteiger partial charge in [0, 0.05) is 5.92 Å². The summed E-state index contributed by atoms with van der Waals surface area (Å²) in [5.41, 5.74) is 1.72. The molecule has 3 aliphatic carbocycles. The van der Waals surface area contributed by atoms with Gasteiger partial charge in [0.1, 0.15) is 5.60 Å². The lowest BCUT2D eigenvalue weighted by molar-refractivity contribution is -0.133. The van der Waals surface area contributed by atoms with Gasteiger partial charge in [-0.3, -0.25) is 9.59 Å². The lowest BCUT2D eigenvalue weighted by atomic mass is 9.52. The molecule has 6 heteroatoms. The summed E-state index contributed by atoms with van der Waals surface area (Å²) >= 11 is 12.7. The normalized spacial score (nSPS) is 28.4. The predicted molar refractivity (Wildman–Crippen MR) is 114 cm³/mol. The second kappa shape index (κ2) is 5.94. The zero-order valence-electron chi connectivity index (χ0n) is 15.5. The molecule has 3 aromatic rings. The fourth-order valence-electron chi connectivity index (χ4n) is 5.65. The highest BCUT2D eigenvalue weighted by atomic mass is 35.5. The quantitative estimate of drug-likeness (QED) is 0.572. The number of halogens is 2. The number of rotatable bonds is 1. The van der Waals surface area contributed by atoms with Gasteiger partial charge in [0.25, 0.3) is 0 Å². The van der Waals surface area contributed by atoms with Crippen LogP contribution in [0.2, 0.25) is 10.0 Å². The third-order valence-corrected chi connectivity index (χ3v) is 7.34. The van der Waals surface area contributed by atoms with Crippen LogP contribution >= 0.6 is 23.2 Å². The fraction of sp³-hybridized carbons (Fsp3) is 0.167. The summed E-state index contributed by atoms with van der Waals surface area (Å²) in [6, 6.07) is 19.9. The summed E-state index contributed by atoms with van der Waals surface area (Å²) in [5, 5.41) is 12.6. The van der Waals surface area contributed by atoms with Crippen molar-refractivity contribution in [3.8, 4) is 0 Å². The molecule has 30 heavy (non-hydrogen) atoms. The molecule has 1 aliphatic heterocycles. The lowest BCUT2D eigenvalue weighted by Crippen LogP contribution is -2.53. The monoisotopic (exact) mass is 435 g/mol. The number of carbonyl (C=O) groups excluding carboxylic acids is 2. The first-order valence-electron chi connectivity index (χ1n) is 9.69. The Labute approximate surface area is 182 Å². The predicted octanol–water partition coefficient (Wildman–Crippen LogP) is 4.49. The summed E-state index contributed by atoms with van der Waals surface area (Å²) in [5.74, 6) is -2.84. The van der Waals surface area contributed by atoms with Gasteiger partial charge in [-0.05, 0) is 34.4 Å². The second-order valence-corrected chi connectivity index (χ2v) is 8.82. The first-order valence-corrected chi connectivity index (χ1v) is 10.4. The molecular formula is C24H15Cl2NO3. The molecule has 1 fully saturated rings. The number of hydrogen-bond acceptors (Lipinski definition) is 3. The molecule has 2 atom stereocenters. The van der Waals surface area contributed by atoms with Crippen LogP contribution in [0, 0.1) is 11.8 Å². The van der Waals surface area contributed by atoms with Crippen LogP contribution in [0.15, 0.2) is 66.7 Å². The maximum atomic E-state index is 13.7. The van der Waals surface area contributed by atoms with Crippen molar-refractivity contribution in [1.82, 2.24) is 0 Å². The number of imide groups is 1. The first kappa shape index (κ1) is 18.1. The minimum atomic E-state index is -1.60. The van der Waals surface area contributed by atoms with Crippen molar-refractivity contribution in [3.63, 3.8) is 0 Å². The summed E-state index contributed by atoms with van der Waals surface area (Å²) in [7, 11) is 0. The van der Waals surface area contributed by atoms with E-state index in [1.807, 2.05) is 48.5 Å². The van der Waals surface area contributed by atoms with Gasteiger partial charge < -0.3 is 5.11 Å². The number of hydrogen-bond donors (Lipinski definition) is 1. The number of para-hydroxylation sites is 1. The van der Waals surface area contributed by atoms with E-state index in [9.17, 15) is 14.7 Å². The number of anilines is 1. The summed E-state index contributed by atoms with van der Waals surface area (Å²) in [4.78, 5) is 28.5. The molecule has 0 aromatic heterocycles. The highest BCUT2D eigenvalue weighted by Crippen LogP contribution is 2.63. The molecule has 3 aromatic carbocycles. The zero-order chi connectivity index (χ0) is 20.8. The van der Waals surface area contributed by atoms with Crippen LogP contribution in [-0.4, -0.2) is 16.9 Å². The Balaban J connectivity index is 1.64. The molecule has 2 bridgehead atoms. The van der Waals surface area contributed by atoms with Gasteiger partial charge in [-0.1, -0.05) is 77.8 Å². The van der Waals surface area contributed by atoms with Crippen LogP contribution in [-0.2, 0) is 15.2 Å². The van der Waals surface area contributed by atoms with E-state index in [4.69, 9.17) is 23.2 Å². The van der Waals surface area contributed by atoms with Crippen LogP contribution < -0.4 is 4.90 Å². The minimum absolute atomic E-state index is 0.182. The van der Waals surface area contributed by atoms with Gasteiger partial charge in [0.2, 0.25) is 11.8 Å². The number of nitrogens with zero attached hydrogens (tertiary/aromatic N) is 1. The van der Waals surface area contributed by atoms with Crippen molar-refractivity contribution in [2.45, 2.75) is 11.5 Å². The number of benzene rings is 3. The standard InChI is InChI=1S/C24H15Cl2NO3/c25-16-10-5-11-17(26)21(16)27-22(28)19-18-12-6-1-3-8-14(12)24(30,20(19)23(27)29)15-9-4-2-7-13(15)18/h1-11,18-20,30H. The molecular weight excluding hydrogens is 421 g/mol. The van der Waals surface area contributed by atoms with Gasteiger partial charge in [-0.25, -0.2) is 4.90 Å². The highest BCUT2D eigenvalue weighted by molar-refractivity contribution is 6.42. The van der Waals surface area contributed by atoms with E-state index in [0.29, 0.717) is 11.1 Å². The van der Waals surface area contributed by atoms with Gasteiger partial charge in [-0.15, -0.1) is 0 Å². The molecule has 1 heterocycles. The molecule has 7 rings (SSSR count). The summed E-state index contributed by atoms with van der Waals surface area (Å²) in [6.45, 7) is 0. The Bertz CT molecular complexity index is 1200. The molecule has 1 saturated heterocycles. The third-order valence-electron chi connectivity index (χ3n) is 6.73. The third kappa shape index (κ3) is 1.97. The van der Waals surface area contributed by atoms with E-state index >= 15 is 0 Å². The van der Waals surface area contributed by atoms with Crippen LogP contribution in [0.5, 0.6) is 0 Å². The fourth-order valence-corrected chi connectivity index (χ4v) is 6.22. The van der Waals surface area contributed by atoms with Gasteiger partial charge in [-0.2, -0.15) is 0 Å². The van der Waals surface area contributed by atoms with Gasteiger partial charge >= 0.3 is 0 Å². The molecule has 0 radical (unpaired) electrons. The molecule has 4 nitrogen and oxygen atoms in total. The van der Waals surface area contributed by atoms with E-state index in [2.05, 4.69) is 0 Å². The topological polar surface area (TPSA) is 57.6 Å². The number of amides is 2. The number of carbonyl (C=O) groups is 2. The second-order valence-electron chi connectivity index (χ2n) is 8.00. The molecule has 0 spiro atoms. The van der Waals surface area contributed by atoms with Crippen LogP contribution in [0.1, 0.15) is 28.2 Å². The maximum absolute atomic E-state index is 13.7. The Kier molecular flexibility index (Phi) is 3.59. The summed E-state index contributed by atoms with van der Waals surface area (Å²) < 4.78 is 0. The lowest BCUT2D eigenvalue weighted by Gasteiger charge is -2.51. The molecule has 148 valence electrons. The Morgan fingerprint density at radius 1 is 0.767 bits per heavy atom. The first-order chi connectivity index (χ1) is 14.5. The highest BCUT2D eigenvalue weighted by Gasteiger charge is 2.68. The molecule has 2 amide bonds. The van der Waals surface area contributed by atoms with Crippen molar-refractivity contribution < 1.29 is 14.7 Å². The Morgan fingerprint density at radius 3 is 1.87 bits per heavy atom.